The van der Waals surface area contributed by atoms with Gasteiger partial charge in [0.25, 0.3) is 0 Å². The Morgan fingerprint density at radius 3 is 2.62 bits per heavy atom. The van der Waals surface area contributed by atoms with Crippen molar-refractivity contribution in [3.05, 3.63) is 0 Å². The molecular weight excluding hydrogens is 200 g/mol. The summed E-state index contributed by atoms with van der Waals surface area (Å²) in [6.07, 6.45) is 6.27. The average molecular weight is 224 g/mol. The first-order valence-electron chi connectivity index (χ1n) is 6.55. The molecule has 0 saturated heterocycles. The van der Waals surface area contributed by atoms with Gasteiger partial charge in [0, 0.05) is 12.6 Å². The third-order valence-electron chi connectivity index (χ3n) is 3.80. The zero-order chi connectivity index (χ0) is 11.6. The Bertz CT molecular complexity index is 259. The first-order valence-corrected chi connectivity index (χ1v) is 6.55. The van der Waals surface area contributed by atoms with Crippen LogP contribution < -0.4 is 10.6 Å². The first kappa shape index (κ1) is 11.9. The Morgan fingerprint density at radius 1 is 1.31 bits per heavy atom. The number of rotatable bonds is 5. The number of amides is 1. The van der Waals surface area contributed by atoms with Crippen LogP contribution in [0.4, 0.5) is 0 Å². The molecule has 0 spiro atoms. The summed E-state index contributed by atoms with van der Waals surface area (Å²) in [5.41, 5.74) is 0.460. The van der Waals surface area contributed by atoms with E-state index in [-0.39, 0.29) is 5.91 Å². The molecule has 3 heteroatoms. The molecule has 0 aromatic carbocycles. The van der Waals surface area contributed by atoms with Crippen LogP contribution in [0, 0.1) is 11.3 Å². The van der Waals surface area contributed by atoms with E-state index in [1.165, 1.54) is 32.1 Å². The highest BCUT2D eigenvalue weighted by Gasteiger charge is 2.30. The van der Waals surface area contributed by atoms with Crippen LogP contribution in [0.15, 0.2) is 0 Å². The first-order chi connectivity index (χ1) is 7.55. The maximum Gasteiger partial charge on any atom is 0.233 e. The van der Waals surface area contributed by atoms with E-state index < -0.39 is 0 Å². The summed E-state index contributed by atoms with van der Waals surface area (Å²) in [5.74, 6) is 0.936. The van der Waals surface area contributed by atoms with Crippen LogP contribution in [-0.2, 0) is 4.79 Å². The van der Waals surface area contributed by atoms with Gasteiger partial charge < -0.3 is 10.6 Å². The summed E-state index contributed by atoms with van der Waals surface area (Å²) >= 11 is 0. The summed E-state index contributed by atoms with van der Waals surface area (Å²) in [5, 5.41) is 6.36. The van der Waals surface area contributed by atoms with Crippen LogP contribution in [0.25, 0.3) is 0 Å². The van der Waals surface area contributed by atoms with Crippen LogP contribution in [0.3, 0.4) is 0 Å². The molecule has 0 heterocycles. The molecule has 0 aliphatic heterocycles. The van der Waals surface area contributed by atoms with E-state index in [9.17, 15) is 4.79 Å². The molecule has 2 saturated carbocycles. The standard InChI is InChI=1S/C13H24N2O/c1-13(2)6-5-11(7-13)14-9-12(16)15-8-10-3-4-10/h10-11,14H,3-9H2,1-2H3,(H,15,16). The molecule has 1 unspecified atom stereocenters. The zero-order valence-corrected chi connectivity index (χ0v) is 10.5. The highest BCUT2D eigenvalue weighted by Crippen LogP contribution is 2.36. The lowest BCUT2D eigenvalue weighted by molar-refractivity contribution is -0.120. The minimum atomic E-state index is 0.164. The minimum Gasteiger partial charge on any atom is -0.355 e. The van der Waals surface area contributed by atoms with E-state index in [4.69, 9.17) is 0 Å². The molecule has 16 heavy (non-hydrogen) atoms. The molecular formula is C13H24N2O. The van der Waals surface area contributed by atoms with Gasteiger partial charge in [0.1, 0.15) is 0 Å². The van der Waals surface area contributed by atoms with Gasteiger partial charge in [-0.3, -0.25) is 4.79 Å². The Kier molecular flexibility index (Phi) is 3.53. The van der Waals surface area contributed by atoms with Crippen LogP contribution in [-0.4, -0.2) is 25.0 Å². The monoisotopic (exact) mass is 224 g/mol. The van der Waals surface area contributed by atoms with Crippen LogP contribution in [0.2, 0.25) is 0 Å². The molecule has 1 atom stereocenters. The van der Waals surface area contributed by atoms with E-state index in [0.29, 0.717) is 18.0 Å². The summed E-state index contributed by atoms with van der Waals surface area (Å²) in [6.45, 7) is 5.99. The summed E-state index contributed by atoms with van der Waals surface area (Å²) < 4.78 is 0. The maximum absolute atomic E-state index is 11.5. The molecule has 0 aromatic rings. The van der Waals surface area contributed by atoms with Crippen molar-refractivity contribution in [1.82, 2.24) is 10.6 Å². The SMILES string of the molecule is CC1(C)CCC(NCC(=O)NCC2CC2)C1. The van der Waals surface area contributed by atoms with Crippen LogP contribution in [0.5, 0.6) is 0 Å². The second-order valence-electron chi connectivity index (χ2n) is 6.23. The van der Waals surface area contributed by atoms with Crippen LogP contribution in [0.1, 0.15) is 46.0 Å². The predicted molar refractivity (Wildman–Crippen MR) is 65.2 cm³/mol. The number of hydrogen-bond donors (Lipinski definition) is 2. The van der Waals surface area contributed by atoms with Crippen molar-refractivity contribution in [3.63, 3.8) is 0 Å². The van der Waals surface area contributed by atoms with Crippen molar-refractivity contribution in [2.24, 2.45) is 11.3 Å². The third kappa shape index (κ3) is 3.78. The topological polar surface area (TPSA) is 41.1 Å². The second-order valence-corrected chi connectivity index (χ2v) is 6.23. The van der Waals surface area contributed by atoms with Gasteiger partial charge in [-0.15, -0.1) is 0 Å². The van der Waals surface area contributed by atoms with Crippen molar-refractivity contribution in [3.8, 4) is 0 Å². The third-order valence-corrected chi connectivity index (χ3v) is 3.80. The number of hydrogen-bond acceptors (Lipinski definition) is 2. The second kappa shape index (κ2) is 4.74. The largest absolute Gasteiger partial charge is 0.355 e. The highest BCUT2D eigenvalue weighted by molar-refractivity contribution is 5.78. The summed E-state index contributed by atoms with van der Waals surface area (Å²) in [4.78, 5) is 11.5. The smallest absolute Gasteiger partial charge is 0.233 e. The Balaban J connectivity index is 1.58. The molecule has 0 radical (unpaired) electrons. The molecule has 2 aliphatic rings. The summed E-state index contributed by atoms with van der Waals surface area (Å²) in [6, 6.07) is 0.543. The fraction of sp³-hybridized carbons (Fsp3) is 0.923. The van der Waals surface area contributed by atoms with E-state index in [0.717, 1.165) is 12.5 Å². The van der Waals surface area contributed by atoms with Crippen molar-refractivity contribution in [1.29, 1.82) is 0 Å². The molecule has 0 aromatic heterocycles. The molecule has 2 N–H and O–H groups in total. The Morgan fingerprint density at radius 2 is 2.06 bits per heavy atom. The van der Waals surface area contributed by atoms with Gasteiger partial charge in [0.15, 0.2) is 0 Å². The zero-order valence-electron chi connectivity index (χ0n) is 10.5. The van der Waals surface area contributed by atoms with Crippen LogP contribution >= 0.6 is 0 Å². The van der Waals surface area contributed by atoms with Gasteiger partial charge in [0.2, 0.25) is 5.91 Å². The van der Waals surface area contributed by atoms with Crippen molar-refractivity contribution in [2.45, 2.75) is 52.0 Å². The van der Waals surface area contributed by atoms with Gasteiger partial charge in [-0.05, 0) is 43.4 Å². The lowest BCUT2D eigenvalue weighted by Gasteiger charge is -2.17. The lowest BCUT2D eigenvalue weighted by Crippen LogP contribution is -2.39. The van der Waals surface area contributed by atoms with Crippen molar-refractivity contribution < 1.29 is 4.79 Å². The number of nitrogens with one attached hydrogen (secondary N) is 2. The van der Waals surface area contributed by atoms with Gasteiger partial charge in [-0.1, -0.05) is 13.8 Å². The van der Waals surface area contributed by atoms with Crippen molar-refractivity contribution in [2.75, 3.05) is 13.1 Å². The average Bonchev–Trinajstić information content (AvgIpc) is 2.97. The quantitative estimate of drug-likeness (QED) is 0.746. The summed E-state index contributed by atoms with van der Waals surface area (Å²) in [7, 11) is 0. The molecule has 92 valence electrons. The lowest BCUT2D eigenvalue weighted by atomic mass is 9.92. The molecule has 2 aliphatic carbocycles. The minimum absolute atomic E-state index is 0.164. The molecule has 2 fully saturated rings. The normalized spacial score (nSPS) is 28.0. The van der Waals surface area contributed by atoms with Gasteiger partial charge >= 0.3 is 0 Å². The fourth-order valence-corrected chi connectivity index (χ4v) is 2.49. The van der Waals surface area contributed by atoms with E-state index in [1.54, 1.807) is 0 Å². The van der Waals surface area contributed by atoms with Crippen molar-refractivity contribution >= 4 is 5.91 Å². The fourth-order valence-electron chi connectivity index (χ4n) is 2.49. The molecule has 0 bridgehead atoms. The number of carbonyl (C=O) groups excluding carboxylic acids is 1. The predicted octanol–water partition coefficient (Wildman–Crippen LogP) is 1.68. The maximum atomic E-state index is 11.5. The van der Waals surface area contributed by atoms with Gasteiger partial charge in [-0.2, -0.15) is 0 Å². The molecule has 2 rings (SSSR count). The van der Waals surface area contributed by atoms with Gasteiger partial charge in [-0.25, -0.2) is 0 Å². The number of carbonyl (C=O) groups is 1. The van der Waals surface area contributed by atoms with E-state index >= 15 is 0 Å². The Labute approximate surface area is 98.4 Å². The van der Waals surface area contributed by atoms with Gasteiger partial charge in [0.05, 0.1) is 6.54 Å². The molecule has 1 amide bonds. The Hall–Kier alpha value is -0.570. The highest BCUT2D eigenvalue weighted by atomic mass is 16.1. The van der Waals surface area contributed by atoms with E-state index in [2.05, 4.69) is 24.5 Å². The van der Waals surface area contributed by atoms with E-state index in [1.807, 2.05) is 0 Å². The molecule has 3 nitrogen and oxygen atoms in total.